The predicted octanol–water partition coefficient (Wildman–Crippen LogP) is 1.00. The monoisotopic (exact) mass is 164 g/mol. The largest absolute Gasteiger partial charge is 0.354 e. The maximum atomic E-state index is 11.1. The minimum Gasteiger partial charge on any atom is -0.354 e. The Balaban J connectivity index is 2.93. The van der Waals surface area contributed by atoms with Crippen molar-refractivity contribution < 1.29 is 4.79 Å². The molecule has 1 N–H and O–H groups in total. The number of rotatable bonds is 2. The fraction of sp³-hybridized carbons (Fsp3) is 0.333. The summed E-state index contributed by atoms with van der Waals surface area (Å²) in [7, 11) is 1.60. The highest BCUT2D eigenvalue weighted by Crippen LogP contribution is 1.99. The van der Waals surface area contributed by atoms with Gasteiger partial charge in [0, 0.05) is 12.7 Å². The molecule has 64 valence electrons. The first-order valence-electron chi connectivity index (χ1n) is 3.96. The molecule has 0 fully saturated rings. The average molecular weight is 164 g/mol. The molecule has 0 aliphatic rings. The van der Waals surface area contributed by atoms with E-state index in [9.17, 15) is 4.79 Å². The maximum absolute atomic E-state index is 11.1. The number of nitrogens with one attached hydrogen (secondary N) is 1. The van der Waals surface area contributed by atoms with Gasteiger partial charge in [0.05, 0.1) is 0 Å². The van der Waals surface area contributed by atoms with E-state index >= 15 is 0 Å². The Kier molecular flexibility index (Phi) is 2.80. The predicted molar refractivity (Wildman–Crippen MR) is 47.0 cm³/mol. The number of hydrogen-bond donors (Lipinski definition) is 1. The fourth-order valence-corrected chi connectivity index (χ4v) is 0.931. The van der Waals surface area contributed by atoms with Crippen LogP contribution in [0.4, 0.5) is 0 Å². The third kappa shape index (κ3) is 1.81. The van der Waals surface area contributed by atoms with Crippen molar-refractivity contribution in [3.05, 3.63) is 29.6 Å². The number of pyridine rings is 1. The van der Waals surface area contributed by atoms with Gasteiger partial charge < -0.3 is 5.32 Å². The second kappa shape index (κ2) is 3.85. The molecule has 12 heavy (non-hydrogen) atoms. The smallest absolute Gasteiger partial charge is 0.269 e. The third-order valence-electron chi connectivity index (χ3n) is 1.63. The van der Waals surface area contributed by atoms with Crippen LogP contribution in [0.1, 0.15) is 23.1 Å². The van der Waals surface area contributed by atoms with E-state index < -0.39 is 0 Å². The molecule has 0 aliphatic heterocycles. The van der Waals surface area contributed by atoms with Crippen LogP contribution in [0.25, 0.3) is 0 Å². The molecule has 1 heterocycles. The Hall–Kier alpha value is -1.38. The van der Waals surface area contributed by atoms with Crippen molar-refractivity contribution in [1.29, 1.82) is 0 Å². The molecule has 0 aliphatic carbocycles. The Morgan fingerprint density at radius 2 is 2.33 bits per heavy atom. The van der Waals surface area contributed by atoms with E-state index in [-0.39, 0.29) is 5.91 Å². The topological polar surface area (TPSA) is 42.0 Å². The van der Waals surface area contributed by atoms with Crippen LogP contribution < -0.4 is 5.32 Å². The van der Waals surface area contributed by atoms with E-state index in [1.165, 1.54) is 0 Å². The van der Waals surface area contributed by atoms with Crippen LogP contribution in [-0.2, 0) is 6.42 Å². The van der Waals surface area contributed by atoms with Gasteiger partial charge in [-0.25, -0.2) is 4.98 Å². The zero-order valence-electron chi connectivity index (χ0n) is 7.29. The highest BCUT2D eigenvalue weighted by atomic mass is 16.1. The molecule has 0 atom stereocenters. The summed E-state index contributed by atoms with van der Waals surface area (Å²) >= 11 is 0. The fourth-order valence-electron chi connectivity index (χ4n) is 0.931. The van der Waals surface area contributed by atoms with Crippen LogP contribution in [0, 0.1) is 0 Å². The molecule has 0 spiro atoms. The highest BCUT2D eigenvalue weighted by Gasteiger charge is 2.03. The van der Waals surface area contributed by atoms with Crippen LogP contribution in [0.2, 0.25) is 0 Å². The van der Waals surface area contributed by atoms with Crippen LogP contribution in [0.5, 0.6) is 0 Å². The summed E-state index contributed by atoms with van der Waals surface area (Å²) in [4.78, 5) is 15.3. The van der Waals surface area contributed by atoms with Gasteiger partial charge in [0.15, 0.2) is 0 Å². The molecule has 1 aromatic rings. The number of nitrogens with zero attached hydrogens (tertiary/aromatic N) is 1. The van der Waals surface area contributed by atoms with E-state index in [1.54, 1.807) is 13.1 Å². The van der Waals surface area contributed by atoms with Gasteiger partial charge in [-0.1, -0.05) is 13.0 Å². The SMILES string of the molecule is CCc1cccc(C(=O)NC)n1. The first kappa shape index (κ1) is 8.71. The number of amides is 1. The van der Waals surface area contributed by atoms with Gasteiger partial charge in [-0.3, -0.25) is 4.79 Å². The molecular weight excluding hydrogens is 152 g/mol. The molecule has 0 saturated heterocycles. The van der Waals surface area contributed by atoms with E-state index in [0.717, 1.165) is 12.1 Å². The van der Waals surface area contributed by atoms with Gasteiger partial charge in [0.1, 0.15) is 5.69 Å². The average Bonchev–Trinajstić information content (AvgIpc) is 2.17. The number of carbonyl (C=O) groups is 1. The minimum atomic E-state index is -0.134. The first-order valence-corrected chi connectivity index (χ1v) is 3.96. The van der Waals surface area contributed by atoms with Crippen molar-refractivity contribution in [3.63, 3.8) is 0 Å². The van der Waals surface area contributed by atoms with Crippen LogP contribution in [-0.4, -0.2) is 17.9 Å². The number of hydrogen-bond acceptors (Lipinski definition) is 2. The Labute approximate surface area is 71.8 Å². The van der Waals surface area contributed by atoms with Crippen molar-refractivity contribution in [2.45, 2.75) is 13.3 Å². The lowest BCUT2D eigenvalue weighted by Crippen LogP contribution is -2.19. The van der Waals surface area contributed by atoms with Crippen molar-refractivity contribution in [3.8, 4) is 0 Å². The quantitative estimate of drug-likeness (QED) is 0.708. The Morgan fingerprint density at radius 1 is 1.58 bits per heavy atom. The maximum Gasteiger partial charge on any atom is 0.269 e. The molecule has 1 aromatic heterocycles. The number of carbonyl (C=O) groups excluding carboxylic acids is 1. The van der Waals surface area contributed by atoms with Crippen molar-refractivity contribution in [1.82, 2.24) is 10.3 Å². The van der Waals surface area contributed by atoms with Gasteiger partial charge in [-0.2, -0.15) is 0 Å². The van der Waals surface area contributed by atoms with Gasteiger partial charge >= 0.3 is 0 Å². The molecule has 0 bridgehead atoms. The molecule has 0 radical (unpaired) electrons. The highest BCUT2D eigenvalue weighted by molar-refractivity contribution is 5.91. The lowest BCUT2D eigenvalue weighted by atomic mass is 10.2. The Bertz CT molecular complexity index is 284. The van der Waals surface area contributed by atoms with Crippen LogP contribution in [0.3, 0.4) is 0 Å². The molecular formula is C9H12N2O. The summed E-state index contributed by atoms with van der Waals surface area (Å²) in [5.41, 5.74) is 1.42. The van der Waals surface area contributed by atoms with Gasteiger partial charge in [0.25, 0.3) is 5.91 Å². The summed E-state index contributed by atoms with van der Waals surface area (Å²) in [6.45, 7) is 2.01. The second-order valence-electron chi connectivity index (χ2n) is 2.45. The molecule has 0 unspecified atom stereocenters. The molecule has 1 rings (SSSR count). The Morgan fingerprint density at radius 3 is 2.92 bits per heavy atom. The zero-order valence-corrected chi connectivity index (χ0v) is 7.29. The van der Waals surface area contributed by atoms with Gasteiger partial charge in [0.2, 0.25) is 0 Å². The molecule has 0 aromatic carbocycles. The summed E-state index contributed by atoms with van der Waals surface area (Å²) in [6, 6.07) is 5.46. The van der Waals surface area contributed by atoms with Gasteiger partial charge in [-0.15, -0.1) is 0 Å². The first-order chi connectivity index (χ1) is 5.77. The van der Waals surface area contributed by atoms with Crippen molar-refractivity contribution >= 4 is 5.91 Å². The molecule has 3 nitrogen and oxygen atoms in total. The molecule has 0 saturated carbocycles. The van der Waals surface area contributed by atoms with Crippen LogP contribution >= 0.6 is 0 Å². The normalized spacial score (nSPS) is 9.50. The second-order valence-corrected chi connectivity index (χ2v) is 2.45. The number of aryl methyl sites for hydroxylation is 1. The minimum absolute atomic E-state index is 0.134. The molecule has 3 heteroatoms. The summed E-state index contributed by atoms with van der Waals surface area (Å²) in [6.07, 6.45) is 0.852. The lowest BCUT2D eigenvalue weighted by Gasteiger charge is -2.00. The lowest BCUT2D eigenvalue weighted by molar-refractivity contribution is 0.0958. The number of aromatic nitrogens is 1. The summed E-state index contributed by atoms with van der Waals surface area (Å²) < 4.78 is 0. The van der Waals surface area contributed by atoms with E-state index in [1.807, 2.05) is 19.1 Å². The van der Waals surface area contributed by atoms with E-state index in [4.69, 9.17) is 0 Å². The van der Waals surface area contributed by atoms with Crippen molar-refractivity contribution in [2.24, 2.45) is 0 Å². The summed E-state index contributed by atoms with van der Waals surface area (Å²) in [5.74, 6) is -0.134. The van der Waals surface area contributed by atoms with Crippen molar-refractivity contribution in [2.75, 3.05) is 7.05 Å². The van der Waals surface area contributed by atoms with Gasteiger partial charge in [-0.05, 0) is 18.6 Å². The summed E-state index contributed by atoms with van der Waals surface area (Å²) in [5, 5.41) is 2.53. The molecule has 1 amide bonds. The standard InChI is InChI=1S/C9H12N2O/c1-3-7-5-4-6-8(11-7)9(12)10-2/h4-6H,3H2,1-2H3,(H,10,12). The van der Waals surface area contributed by atoms with E-state index in [0.29, 0.717) is 5.69 Å². The third-order valence-corrected chi connectivity index (χ3v) is 1.63. The van der Waals surface area contributed by atoms with Crippen LogP contribution in [0.15, 0.2) is 18.2 Å². The zero-order chi connectivity index (χ0) is 8.97. The van der Waals surface area contributed by atoms with E-state index in [2.05, 4.69) is 10.3 Å².